The van der Waals surface area contributed by atoms with Crippen LogP contribution < -0.4 is 11.1 Å². The van der Waals surface area contributed by atoms with E-state index >= 15 is 0 Å². The lowest BCUT2D eigenvalue weighted by Gasteiger charge is -2.09. The van der Waals surface area contributed by atoms with Crippen molar-refractivity contribution in [3.8, 4) is 0 Å². The third-order valence-corrected chi connectivity index (χ3v) is 6.33. The van der Waals surface area contributed by atoms with Crippen LogP contribution in [0, 0.1) is 13.8 Å². The van der Waals surface area contributed by atoms with Gasteiger partial charge in [0.25, 0.3) is 18.8 Å². The molecule has 3 aromatic heterocycles. The van der Waals surface area contributed by atoms with Gasteiger partial charge in [-0.05, 0) is 41.4 Å². The van der Waals surface area contributed by atoms with E-state index in [2.05, 4.69) is 31.3 Å². The van der Waals surface area contributed by atoms with Crippen molar-refractivity contribution in [3.05, 3.63) is 38.1 Å². The molecule has 3 heterocycles. The van der Waals surface area contributed by atoms with Gasteiger partial charge in [-0.15, -0.1) is 11.3 Å². The summed E-state index contributed by atoms with van der Waals surface area (Å²) in [6.45, 7) is 2.62. The second kappa shape index (κ2) is 8.30. The molecule has 7 nitrogen and oxygen atoms in total. The Morgan fingerprint density at radius 3 is 2.47 bits per heavy atom. The number of nitrogens with two attached hydrogens (primary N) is 1. The van der Waals surface area contributed by atoms with E-state index < -0.39 is 42.6 Å². The Morgan fingerprint density at radius 1 is 1.27 bits per heavy atom. The molecule has 0 aliphatic heterocycles. The molecule has 0 unspecified atom stereocenters. The molecule has 0 aliphatic rings. The lowest BCUT2D eigenvalue weighted by molar-refractivity contribution is -0.116. The molecule has 0 aliphatic carbocycles. The van der Waals surface area contributed by atoms with Gasteiger partial charge >= 0.3 is 0 Å². The van der Waals surface area contributed by atoms with Crippen LogP contribution in [0.4, 0.5) is 23.2 Å². The average molecular weight is 508 g/mol. The predicted octanol–water partition coefficient (Wildman–Crippen LogP) is 4.48. The maximum absolute atomic E-state index is 13.0. The number of halogens is 5. The fourth-order valence-electron chi connectivity index (χ4n) is 2.87. The molecule has 30 heavy (non-hydrogen) atoms. The molecular weight excluding hydrogens is 494 g/mol. The van der Waals surface area contributed by atoms with Crippen LogP contribution in [0.3, 0.4) is 0 Å². The molecule has 0 atom stereocenters. The van der Waals surface area contributed by atoms with E-state index in [0.29, 0.717) is 16.6 Å². The zero-order valence-electron chi connectivity index (χ0n) is 15.5. The number of hydrogen-bond acceptors (Lipinski definition) is 5. The van der Waals surface area contributed by atoms with Crippen molar-refractivity contribution < 1.29 is 27.2 Å². The number of rotatable bonds is 6. The number of nitrogens with zero attached hydrogens (tertiary/aromatic N) is 3. The number of primary amides is 1. The lowest BCUT2D eigenvalue weighted by atomic mass is 10.1. The van der Waals surface area contributed by atoms with Gasteiger partial charge in [-0.1, -0.05) is 0 Å². The largest absolute Gasteiger partial charge is 0.365 e. The normalized spacial score (nSPS) is 11.6. The topological polar surface area (TPSA) is 103 Å². The van der Waals surface area contributed by atoms with Crippen LogP contribution in [0.15, 0.2) is 10.5 Å². The van der Waals surface area contributed by atoms with Crippen molar-refractivity contribution in [3.63, 3.8) is 0 Å². The summed E-state index contributed by atoms with van der Waals surface area (Å²) in [4.78, 5) is 28.3. The Bertz CT molecular complexity index is 1160. The fraction of sp³-hybridized carbons (Fsp3) is 0.294. The van der Waals surface area contributed by atoms with Crippen LogP contribution in [0.2, 0.25) is 0 Å². The Hall–Kier alpha value is -2.54. The molecule has 0 spiro atoms. The summed E-state index contributed by atoms with van der Waals surface area (Å²) >= 11 is 3.80. The molecule has 2 amide bonds. The highest BCUT2D eigenvalue weighted by Crippen LogP contribution is 2.38. The van der Waals surface area contributed by atoms with Crippen LogP contribution >= 0.6 is 27.3 Å². The second-order valence-electron chi connectivity index (χ2n) is 6.31. The molecule has 3 rings (SSSR count). The van der Waals surface area contributed by atoms with Gasteiger partial charge in [0.2, 0.25) is 5.91 Å². The summed E-state index contributed by atoms with van der Waals surface area (Å²) in [5.41, 5.74) is 5.12. The monoisotopic (exact) mass is 507 g/mol. The standard InChI is InChI=1S/C17H14BrF4N5O2S/c1-5-3-7(14(19)20)24-17-9(5)11(13(30-17)16(23)29)25-8(28)4-27-6(2)10(18)12(26-27)15(21)22/h3,14-15H,4H2,1-2H3,(H2,23,29)(H,25,28). The summed E-state index contributed by atoms with van der Waals surface area (Å²) in [7, 11) is 0. The summed E-state index contributed by atoms with van der Waals surface area (Å²) < 4.78 is 53.2. The molecule has 0 radical (unpaired) electrons. The van der Waals surface area contributed by atoms with Gasteiger partial charge in [0.05, 0.1) is 15.9 Å². The summed E-state index contributed by atoms with van der Waals surface area (Å²) in [5, 5.41) is 6.54. The van der Waals surface area contributed by atoms with Crippen LogP contribution in [-0.4, -0.2) is 26.6 Å². The number of anilines is 1. The number of nitrogens with one attached hydrogen (secondary N) is 1. The SMILES string of the molecule is Cc1cc(C(F)F)nc2sc(C(N)=O)c(NC(=O)Cn3nc(C(F)F)c(Br)c3C)c12. The van der Waals surface area contributed by atoms with Crippen molar-refractivity contribution in [2.75, 3.05) is 5.32 Å². The molecule has 3 aromatic rings. The first kappa shape index (κ1) is 22.2. The molecular formula is C17H14BrF4N5O2S. The minimum atomic E-state index is -2.83. The molecule has 3 N–H and O–H groups in total. The maximum Gasteiger partial charge on any atom is 0.283 e. The number of carbonyl (C=O) groups is 2. The van der Waals surface area contributed by atoms with Crippen molar-refractivity contribution in [2.24, 2.45) is 5.73 Å². The Morgan fingerprint density at radius 2 is 1.93 bits per heavy atom. The quantitative estimate of drug-likeness (QED) is 0.480. The predicted molar refractivity (Wildman–Crippen MR) is 106 cm³/mol. The number of aryl methyl sites for hydroxylation is 1. The van der Waals surface area contributed by atoms with Crippen molar-refractivity contribution in [1.29, 1.82) is 0 Å². The number of hydrogen-bond donors (Lipinski definition) is 2. The van der Waals surface area contributed by atoms with Gasteiger partial charge in [-0.2, -0.15) is 5.10 Å². The molecule has 0 aromatic carbocycles. The van der Waals surface area contributed by atoms with Gasteiger partial charge in [0.15, 0.2) is 0 Å². The number of fused-ring (bicyclic) bond motifs is 1. The first-order valence-corrected chi connectivity index (χ1v) is 9.95. The molecule has 160 valence electrons. The van der Waals surface area contributed by atoms with E-state index in [4.69, 9.17) is 5.73 Å². The summed E-state index contributed by atoms with van der Waals surface area (Å²) in [6.07, 6.45) is -5.64. The van der Waals surface area contributed by atoms with Gasteiger partial charge in [-0.25, -0.2) is 22.5 Å². The molecule has 13 heteroatoms. The Labute approximate surface area is 179 Å². The fourth-order valence-corrected chi connectivity index (χ4v) is 4.39. The highest BCUT2D eigenvalue weighted by molar-refractivity contribution is 9.10. The van der Waals surface area contributed by atoms with Crippen LogP contribution in [0.5, 0.6) is 0 Å². The first-order valence-electron chi connectivity index (χ1n) is 8.34. The average Bonchev–Trinajstić information content (AvgIpc) is 3.15. The Balaban J connectivity index is 1.99. The third kappa shape index (κ3) is 4.03. The van der Waals surface area contributed by atoms with Gasteiger partial charge in [0.1, 0.15) is 27.6 Å². The van der Waals surface area contributed by atoms with Crippen molar-refractivity contribution >= 4 is 55.0 Å². The second-order valence-corrected chi connectivity index (χ2v) is 8.10. The van der Waals surface area contributed by atoms with Gasteiger partial charge in [0, 0.05) is 5.39 Å². The molecule has 0 fully saturated rings. The third-order valence-electron chi connectivity index (χ3n) is 4.25. The number of thiophene rings is 1. The smallest absolute Gasteiger partial charge is 0.283 e. The van der Waals surface area contributed by atoms with E-state index in [1.54, 1.807) is 0 Å². The number of pyridine rings is 1. The number of carbonyl (C=O) groups excluding carboxylic acids is 2. The first-order chi connectivity index (χ1) is 14.0. The van der Waals surface area contributed by atoms with E-state index in [9.17, 15) is 27.2 Å². The summed E-state index contributed by atoms with van der Waals surface area (Å²) in [6, 6.07) is 1.16. The highest BCUT2D eigenvalue weighted by Gasteiger charge is 2.25. The van der Waals surface area contributed by atoms with Crippen LogP contribution in [-0.2, 0) is 11.3 Å². The lowest BCUT2D eigenvalue weighted by Crippen LogP contribution is -2.22. The maximum atomic E-state index is 13.0. The van der Waals surface area contributed by atoms with Gasteiger partial charge < -0.3 is 11.1 Å². The summed E-state index contributed by atoms with van der Waals surface area (Å²) in [5.74, 6) is -1.54. The number of amides is 2. The number of alkyl halides is 4. The van der Waals surface area contributed by atoms with Gasteiger partial charge in [-0.3, -0.25) is 14.3 Å². The van der Waals surface area contributed by atoms with Crippen molar-refractivity contribution in [2.45, 2.75) is 33.2 Å². The molecule has 0 saturated heterocycles. The van der Waals surface area contributed by atoms with E-state index in [1.165, 1.54) is 13.8 Å². The van der Waals surface area contributed by atoms with E-state index in [1.807, 2.05) is 0 Å². The van der Waals surface area contributed by atoms with Crippen LogP contribution in [0.1, 0.15) is 45.2 Å². The van der Waals surface area contributed by atoms with Crippen LogP contribution in [0.25, 0.3) is 10.2 Å². The highest BCUT2D eigenvalue weighted by atomic mass is 79.9. The minimum absolute atomic E-state index is 0.0382. The van der Waals surface area contributed by atoms with E-state index in [-0.39, 0.29) is 19.9 Å². The minimum Gasteiger partial charge on any atom is -0.365 e. The van der Waals surface area contributed by atoms with Crippen molar-refractivity contribution in [1.82, 2.24) is 14.8 Å². The van der Waals surface area contributed by atoms with E-state index in [0.717, 1.165) is 22.1 Å². The molecule has 0 bridgehead atoms. The zero-order valence-corrected chi connectivity index (χ0v) is 17.9. The zero-order chi connectivity index (χ0) is 22.3. The number of aromatic nitrogens is 3. The Kier molecular flexibility index (Phi) is 6.13. The molecule has 0 saturated carbocycles.